The van der Waals surface area contributed by atoms with Gasteiger partial charge >= 0.3 is 12.4 Å². The molecule has 0 spiro atoms. The molecule has 0 saturated heterocycles. The van der Waals surface area contributed by atoms with Gasteiger partial charge < -0.3 is 4.57 Å². The minimum Gasteiger partial charge on any atom is -0.304 e. The molecule has 0 aliphatic rings. The highest BCUT2D eigenvalue weighted by Gasteiger charge is 2.33. The lowest BCUT2D eigenvalue weighted by atomic mass is 10.2. The number of pyridine rings is 1. The lowest BCUT2D eigenvalue weighted by Crippen LogP contribution is -2.34. The number of amides is 1. The van der Waals surface area contributed by atoms with Crippen molar-refractivity contribution in [1.82, 2.24) is 4.57 Å². The molecule has 5 nitrogen and oxygen atoms in total. The van der Waals surface area contributed by atoms with Gasteiger partial charge in [-0.1, -0.05) is 48.0 Å². The molecular formula is C22H14ClF6N3O2. The monoisotopic (exact) mass is 501 g/mol. The number of benzene rings is 2. The Labute approximate surface area is 193 Å². The highest BCUT2D eigenvalue weighted by Crippen LogP contribution is 2.32. The molecule has 0 N–H and O–H groups in total. The van der Waals surface area contributed by atoms with E-state index in [1.165, 1.54) is 6.21 Å². The summed E-state index contributed by atoms with van der Waals surface area (Å²) in [6.45, 7) is -0.967. The van der Waals surface area contributed by atoms with Crippen LogP contribution in [0.2, 0.25) is 5.02 Å². The predicted molar refractivity (Wildman–Crippen MR) is 114 cm³/mol. The van der Waals surface area contributed by atoms with Gasteiger partial charge in [0, 0.05) is 6.20 Å². The van der Waals surface area contributed by atoms with E-state index in [1.54, 1.807) is 30.3 Å². The van der Waals surface area contributed by atoms with Gasteiger partial charge in [0.15, 0.2) is 0 Å². The summed E-state index contributed by atoms with van der Waals surface area (Å²) in [5.74, 6) is -1.08. The van der Waals surface area contributed by atoms with Crippen molar-refractivity contribution >= 4 is 29.4 Å². The van der Waals surface area contributed by atoms with Crippen molar-refractivity contribution in [2.75, 3.05) is 5.01 Å². The lowest BCUT2D eigenvalue weighted by molar-refractivity contribution is -0.138. The van der Waals surface area contributed by atoms with E-state index in [0.29, 0.717) is 33.5 Å². The predicted octanol–water partition coefficient (Wildman–Crippen LogP) is 5.61. The van der Waals surface area contributed by atoms with E-state index in [0.717, 1.165) is 18.2 Å². The van der Waals surface area contributed by atoms with Crippen LogP contribution in [0.3, 0.4) is 0 Å². The van der Waals surface area contributed by atoms with Crippen molar-refractivity contribution in [3.8, 4) is 0 Å². The van der Waals surface area contributed by atoms with Gasteiger partial charge in [-0.3, -0.25) is 9.59 Å². The fraction of sp³-hybridized carbons (Fsp3) is 0.136. The van der Waals surface area contributed by atoms with Gasteiger partial charge in [0.05, 0.1) is 23.0 Å². The summed E-state index contributed by atoms with van der Waals surface area (Å²) in [6, 6.07) is 12.3. The van der Waals surface area contributed by atoms with Gasteiger partial charge in [-0.25, -0.2) is 0 Å². The third-order valence-corrected chi connectivity index (χ3v) is 4.72. The molecule has 0 aliphatic heterocycles. The zero-order valence-corrected chi connectivity index (χ0v) is 17.7. The van der Waals surface area contributed by atoms with E-state index in [1.807, 2.05) is 0 Å². The molecular weight excluding hydrogens is 488 g/mol. The Bertz CT molecular complexity index is 1270. The Morgan fingerprint density at radius 2 is 1.59 bits per heavy atom. The molecule has 0 unspecified atom stereocenters. The van der Waals surface area contributed by atoms with Crippen LogP contribution in [-0.4, -0.2) is 16.7 Å². The number of hydrazone groups is 1. The molecule has 0 radical (unpaired) electrons. The Morgan fingerprint density at radius 1 is 0.941 bits per heavy atom. The summed E-state index contributed by atoms with van der Waals surface area (Å²) >= 11 is 5.60. The van der Waals surface area contributed by atoms with Crippen LogP contribution in [0.4, 0.5) is 32.0 Å². The van der Waals surface area contributed by atoms with Gasteiger partial charge in [-0.05, 0) is 29.8 Å². The average Bonchev–Trinajstić information content (AvgIpc) is 2.76. The molecule has 1 aromatic heterocycles. The topological polar surface area (TPSA) is 54.7 Å². The van der Waals surface area contributed by atoms with Crippen molar-refractivity contribution in [3.05, 3.63) is 98.9 Å². The average molecular weight is 502 g/mol. The van der Waals surface area contributed by atoms with Crippen LogP contribution in [0.5, 0.6) is 0 Å². The molecule has 3 rings (SSSR count). The number of rotatable bonds is 5. The Hall–Kier alpha value is -3.60. The molecule has 0 atom stereocenters. The normalized spacial score (nSPS) is 12.2. The van der Waals surface area contributed by atoms with E-state index < -0.39 is 46.5 Å². The number of halogens is 7. The van der Waals surface area contributed by atoms with Crippen molar-refractivity contribution < 1.29 is 31.1 Å². The van der Waals surface area contributed by atoms with Crippen LogP contribution < -0.4 is 10.6 Å². The van der Waals surface area contributed by atoms with Crippen molar-refractivity contribution in [2.24, 2.45) is 5.10 Å². The first kappa shape index (κ1) is 25.0. The molecule has 0 aliphatic carbocycles. The number of carbonyl (C=O) groups is 1. The second kappa shape index (κ2) is 9.72. The van der Waals surface area contributed by atoms with Crippen LogP contribution >= 0.6 is 11.6 Å². The molecule has 0 saturated carbocycles. The number of alkyl halides is 6. The van der Waals surface area contributed by atoms with E-state index in [9.17, 15) is 35.9 Å². The molecule has 3 aromatic rings. The summed E-state index contributed by atoms with van der Waals surface area (Å²) in [7, 11) is 0. The molecule has 178 valence electrons. The summed E-state index contributed by atoms with van der Waals surface area (Å²) in [4.78, 5) is 25.2. The standard InChI is InChI=1S/C22H14ClF6N3O2/c23-18-10-16(22(27,28)29)12-31(20(18)34)13-19(33)32(30-11-14-5-2-1-3-6-14)17-8-4-7-15(9-17)21(24,25)26/h1-12H,13H2/b30-11-. The first-order chi connectivity index (χ1) is 15.9. The minimum absolute atomic E-state index is 0.307. The second-order valence-corrected chi connectivity index (χ2v) is 7.32. The maximum absolute atomic E-state index is 13.2. The SMILES string of the molecule is O=C(Cn1cc(C(F)(F)F)cc(Cl)c1=O)N(/N=C\c1ccccc1)c1cccc(C(F)(F)F)c1. The number of anilines is 1. The van der Waals surface area contributed by atoms with Crippen LogP contribution in [0.1, 0.15) is 16.7 Å². The van der Waals surface area contributed by atoms with E-state index in [-0.39, 0.29) is 5.69 Å². The fourth-order valence-electron chi connectivity index (χ4n) is 2.84. The summed E-state index contributed by atoms with van der Waals surface area (Å²) < 4.78 is 79.3. The first-order valence-electron chi connectivity index (χ1n) is 9.42. The van der Waals surface area contributed by atoms with Gasteiger partial charge in [-0.2, -0.15) is 36.5 Å². The smallest absolute Gasteiger partial charge is 0.304 e. The zero-order chi connectivity index (χ0) is 25.1. The summed E-state index contributed by atoms with van der Waals surface area (Å²) in [6.07, 6.45) is -7.99. The summed E-state index contributed by atoms with van der Waals surface area (Å²) in [5, 5.41) is 3.72. The summed E-state index contributed by atoms with van der Waals surface area (Å²) in [5.41, 5.74) is -3.25. The first-order valence-corrected chi connectivity index (χ1v) is 9.80. The Morgan fingerprint density at radius 3 is 2.21 bits per heavy atom. The lowest BCUT2D eigenvalue weighted by Gasteiger charge is -2.20. The molecule has 0 bridgehead atoms. The van der Waals surface area contributed by atoms with Crippen molar-refractivity contribution in [1.29, 1.82) is 0 Å². The number of hydrogen-bond donors (Lipinski definition) is 0. The second-order valence-electron chi connectivity index (χ2n) is 6.92. The van der Waals surface area contributed by atoms with Gasteiger partial charge in [0.1, 0.15) is 11.6 Å². The van der Waals surface area contributed by atoms with Crippen LogP contribution in [0, 0.1) is 0 Å². The molecule has 1 heterocycles. The third kappa shape index (κ3) is 6.04. The maximum atomic E-state index is 13.2. The Kier molecular flexibility index (Phi) is 7.15. The molecule has 2 aromatic carbocycles. The van der Waals surface area contributed by atoms with Gasteiger partial charge in [0.2, 0.25) is 0 Å². The maximum Gasteiger partial charge on any atom is 0.417 e. The van der Waals surface area contributed by atoms with E-state index >= 15 is 0 Å². The van der Waals surface area contributed by atoms with Crippen molar-refractivity contribution in [2.45, 2.75) is 18.9 Å². The zero-order valence-electron chi connectivity index (χ0n) is 16.9. The molecule has 34 heavy (non-hydrogen) atoms. The molecule has 1 amide bonds. The third-order valence-electron chi connectivity index (χ3n) is 4.45. The number of carbonyl (C=O) groups excluding carboxylic acids is 1. The van der Waals surface area contributed by atoms with Crippen LogP contribution in [-0.2, 0) is 23.7 Å². The number of aromatic nitrogens is 1. The van der Waals surface area contributed by atoms with E-state index in [4.69, 9.17) is 11.6 Å². The Balaban J connectivity index is 2.04. The van der Waals surface area contributed by atoms with Gasteiger partial charge in [-0.15, -0.1) is 0 Å². The van der Waals surface area contributed by atoms with Gasteiger partial charge in [0.25, 0.3) is 11.5 Å². The minimum atomic E-state index is -4.85. The van der Waals surface area contributed by atoms with Crippen LogP contribution in [0.25, 0.3) is 0 Å². The van der Waals surface area contributed by atoms with Crippen LogP contribution in [0.15, 0.2) is 76.8 Å². The number of nitrogens with zero attached hydrogens (tertiary/aromatic N) is 3. The molecule has 12 heteroatoms. The van der Waals surface area contributed by atoms with E-state index in [2.05, 4.69) is 5.10 Å². The molecule has 0 fully saturated rings. The largest absolute Gasteiger partial charge is 0.417 e. The fourth-order valence-corrected chi connectivity index (χ4v) is 3.06. The highest BCUT2D eigenvalue weighted by molar-refractivity contribution is 6.30. The number of hydrogen-bond acceptors (Lipinski definition) is 3. The quantitative estimate of drug-likeness (QED) is 0.259. The highest BCUT2D eigenvalue weighted by atomic mass is 35.5. The van der Waals surface area contributed by atoms with Crippen molar-refractivity contribution in [3.63, 3.8) is 0 Å².